The normalized spacial score (nSPS) is 15.1. The molecule has 1 saturated carbocycles. The van der Waals surface area contributed by atoms with Crippen molar-refractivity contribution in [3.05, 3.63) is 71.1 Å². The van der Waals surface area contributed by atoms with Crippen molar-refractivity contribution < 1.29 is 9.90 Å². The molecular weight excluding hydrogens is 394 g/mol. The van der Waals surface area contributed by atoms with Crippen molar-refractivity contribution in [1.82, 2.24) is 4.98 Å². The van der Waals surface area contributed by atoms with E-state index in [0.717, 1.165) is 16.8 Å². The first-order chi connectivity index (χ1) is 14.7. The van der Waals surface area contributed by atoms with Gasteiger partial charge in [-0.3, -0.25) is 5.43 Å². The molecule has 6 heteroatoms. The lowest BCUT2D eigenvalue weighted by molar-refractivity contribution is -0.129. The van der Waals surface area contributed by atoms with Gasteiger partial charge in [-0.2, -0.15) is 5.10 Å². The second-order valence-electron chi connectivity index (χ2n) is 7.63. The van der Waals surface area contributed by atoms with Crippen LogP contribution in [0.15, 0.2) is 65.1 Å². The Bertz CT molecular complexity index is 1010. The smallest absolute Gasteiger partial charge is 0.352 e. The minimum Gasteiger partial charge on any atom is -0.477 e. The lowest BCUT2D eigenvalue weighted by Crippen LogP contribution is -2.17. The fraction of sp³-hybridized carbons (Fsp3) is 0.292. The van der Waals surface area contributed by atoms with Gasteiger partial charge in [0.25, 0.3) is 0 Å². The van der Waals surface area contributed by atoms with E-state index in [9.17, 15) is 9.90 Å². The van der Waals surface area contributed by atoms with E-state index >= 15 is 0 Å². The number of hydrogen-bond donors (Lipinski definition) is 2. The number of hydrogen-bond acceptors (Lipinski definition) is 5. The number of aliphatic carboxylic acids is 1. The molecule has 1 aliphatic rings. The Morgan fingerprint density at radius 1 is 1.07 bits per heavy atom. The van der Waals surface area contributed by atoms with Crippen molar-refractivity contribution in [1.29, 1.82) is 0 Å². The van der Waals surface area contributed by atoms with Gasteiger partial charge in [0, 0.05) is 17.4 Å². The van der Waals surface area contributed by atoms with Crippen molar-refractivity contribution in [2.45, 2.75) is 44.4 Å². The molecule has 30 heavy (non-hydrogen) atoms. The van der Waals surface area contributed by atoms with Crippen LogP contribution < -0.4 is 5.43 Å². The maximum Gasteiger partial charge on any atom is 0.352 e. The van der Waals surface area contributed by atoms with E-state index < -0.39 is 5.97 Å². The minimum absolute atomic E-state index is 0.0507. The molecule has 0 saturated heterocycles. The first-order valence-corrected chi connectivity index (χ1v) is 11.2. The molecule has 1 fully saturated rings. The molecule has 0 amide bonds. The molecule has 5 nitrogen and oxygen atoms in total. The van der Waals surface area contributed by atoms with Crippen molar-refractivity contribution in [2.24, 2.45) is 5.10 Å². The Hall–Kier alpha value is -2.99. The minimum atomic E-state index is -1.04. The van der Waals surface area contributed by atoms with Crippen LogP contribution in [0, 0.1) is 0 Å². The van der Waals surface area contributed by atoms with Crippen LogP contribution in [0.5, 0.6) is 0 Å². The molecule has 0 atom stereocenters. The summed E-state index contributed by atoms with van der Waals surface area (Å²) in [6.45, 7) is 0. The van der Waals surface area contributed by atoms with Gasteiger partial charge in [0.1, 0.15) is 5.71 Å². The molecule has 2 N–H and O–H groups in total. The number of hydrazone groups is 1. The summed E-state index contributed by atoms with van der Waals surface area (Å²) in [5.74, 6) is -0.352. The van der Waals surface area contributed by atoms with Gasteiger partial charge in [0.05, 0.1) is 5.69 Å². The number of nitrogens with one attached hydrogen (secondary N) is 1. The number of aromatic nitrogens is 1. The fourth-order valence-corrected chi connectivity index (χ4v) is 4.55. The molecule has 3 aromatic rings. The van der Waals surface area contributed by atoms with Crippen LogP contribution in [0.3, 0.4) is 0 Å². The van der Waals surface area contributed by atoms with Crippen LogP contribution in [-0.2, 0) is 11.2 Å². The third-order valence-corrected chi connectivity index (χ3v) is 6.28. The van der Waals surface area contributed by atoms with E-state index in [1.165, 1.54) is 49.0 Å². The highest BCUT2D eigenvalue weighted by molar-refractivity contribution is 7.14. The Morgan fingerprint density at radius 2 is 1.80 bits per heavy atom. The molecule has 1 aliphatic carbocycles. The number of rotatable bonds is 7. The fourth-order valence-electron chi connectivity index (χ4n) is 3.89. The van der Waals surface area contributed by atoms with Crippen molar-refractivity contribution in [2.75, 3.05) is 5.43 Å². The van der Waals surface area contributed by atoms with Crippen molar-refractivity contribution >= 4 is 28.1 Å². The molecular formula is C24H25N3O2S. The molecule has 1 aromatic heterocycles. The number of benzene rings is 2. The average Bonchev–Trinajstić information content (AvgIpc) is 3.27. The Labute approximate surface area is 180 Å². The second-order valence-corrected chi connectivity index (χ2v) is 8.49. The van der Waals surface area contributed by atoms with E-state index in [-0.39, 0.29) is 12.1 Å². The van der Waals surface area contributed by atoms with Gasteiger partial charge in [0.15, 0.2) is 0 Å². The van der Waals surface area contributed by atoms with E-state index in [1.54, 1.807) is 0 Å². The average molecular weight is 420 g/mol. The van der Waals surface area contributed by atoms with Gasteiger partial charge < -0.3 is 5.11 Å². The highest BCUT2D eigenvalue weighted by Gasteiger charge is 2.16. The molecule has 0 bridgehead atoms. The van der Waals surface area contributed by atoms with Gasteiger partial charge >= 0.3 is 5.97 Å². The summed E-state index contributed by atoms with van der Waals surface area (Å²) in [5.41, 5.74) is 7.12. The molecule has 0 radical (unpaired) electrons. The number of carbonyl (C=O) groups is 1. The van der Waals surface area contributed by atoms with Crippen LogP contribution in [-0.4, -0.2) is 21.8 Å². The summed E-state index contributed by atoms with van der Waals surface area (Å²) < 4.78 is 0. The van der Waals surface area contributed by atoms with Crippen LogP contribution in [0.4, 0.5) is 5.13 Å². The van der Waals surface area contributed by atoms with Gasteiger partial charge in [-0.25, -0.2) is 9.78 Å². The summed E-state index contributed by atoms with van der Waals surface area (Å²) >= 11 is 1.41. The van der Waals surface area contributed by atoms with E-state index in [1.807, 2.05) is 35.7 Å². The second kappa shape index (κ2) is 9.67. The number of carboxylic acid groups (broad SMARTS) is 1. The molecule has 0 aliphatic heterocycles. The quantitative estimate of drug-likeness (QED) is 0.366. The van der Waals surface area contributed by atoms with Crippen molar-refractivity contribution in [3.8, 4) is 11.3 Å². The lowest BCUT2D eigenvalue weighted by Gasteiger charge is -2.22. The topological polar surface area (TPSA) is 74.6 Å². The maximum absolute atomic E-state index is 11.5. The van der Waals surface area contributed by atoms with Crippen LogP contribution in [0.1, 0.15) is 49.1 Å². The summed E-state index contributed by atoms with van der Waals surface area (Å²) in [6, 6.07) is 18.1. The monoisotopic (exact) mass is 419 g/mol. The number of carboxylic acids is 1. The zero-order valence-electron chi connectivity index (χ0n) is 16.8. The summed E-state index contributed by atoms with van der Waals surface area (Å²) in [4.78, 5) is 16.1. The van der Waals surface area contributed by atoms with E-state index in [4.69, 9.17) is 0 Å². The first-order valence-electron chi connectivity index (χ1n) is 10.3. The molecule has 0 unspecified atom stereocenters. The predicted molar refractivity (Wildman–Crippen MR) is 122 cm³/mol. The number of thiazole rings is 1. The Balaban J connectivity index is 1.43. The van der Waals surface area contributed by atoms with Crippen molar-refractivity contribution in [3.63, 3.8) is 0 Å². The summed E-state index contributed by atoms with van der Waals surface area (Å²) in [7, 11) is 0. The third-order valence-electron chi connectivity index (χ3n) is 5.53. The number of anilines is 1. The van der Waals surface area contributed by atoms with Crippen LogP contribution in [0.25, 0.3) is 11.3 Å². The van der Waals surface area contributed by atoms with Gasteiger partial charge in [-0.05, 0) is 29.9 Å². The maximum atomic E-state index is 11.5. The lowest BCUT2D eigenvalue weighted by atomic mass is 9.84. The molecule has 4 rings (SSSR count). The van der Waals surface area contributed by atoms with E-state index in [2.05, 4.69) is 39.8 Å². The highest BCUT2D eigenvalue weighted by atomic mass is 32.1. The van der Waals surface area contributed by atoms with Crippen LogP contribution in [0.2, 0.25) is 0 Å². The molecule has 1 heterocycles. The molecule has 154 valence electrons. The van der Waals surface area contributed by atoms with Gasteiger partial charge in [0.2, 0.25) is 5.13 Å². The third kappa shape index (κ3) is 5.13. The molecule has 2 aromatic carbocycles. The zero-order valence-corrected chi connectivity index (χ0v) is 17.6. The summed E-state index contributed by atoms with van der Waals surface area (Å²) in [6.07, 6.45) is 6.85. The van der Waals surface area contributed by atoms with Crippen LogP contribution >= 0.6 is 11.3 Å². The number of nitrogens with zero attached hydrogens (tertiary/aromatic N) is 2. The SMILES string of the molecule is O=C(O)/C(Cc1ccccc1)=N/Nc1nc(-c2ccc(C3CCCCC3)cc2)cs1. The summed E-state index contributed by atoms with van der Waals surface area (Å²) in [5, 5.41) is 16.1. The first kappa shape index (κ1) is 20.3. The molecule has 0 spiro atoms. The van der Waals surface area contributed by atoms with Gasteiger partial charge in [-0.15, -0.1) is 11.3 Å². The predicted octanol–water partition coefficient (Wildman–Crippen LogP) is 5.95. The largest absolute Gasteiger partial charge is 0.477 e. The zero-order chi connectivity index (χ0) is 20.8. The van der Waals surface area contributed by atoms with E-state index in [0.29, 0.717) is 11.0 Å². The van der Waals surface area contributed by atoms with Gasteiger partial charge in [-0.1, -0.05) is 73.9 Å². The Morgan fingerprint density at radius 3 is 2.50 bits per heavy atom. The standard InChI is InChI=1S/C24H25N3O2S/c28-23(29)21(15-17-7-3-1-4-8-17)26-27-24-25-22(16-30-24)20-13-11-19(12-14-20)18-9-5-2-6-10-18/h1,3-4,7-8,11-14,16,18H,2,5-6,9-10,15H2,(H,25,27)(H,28,29)/b26-21+. The highest BCUT2D eigenvalue weighted by Crippen LogP contribution is 2.34. The Kier molecular flexibility index (Phi) is 6.54.